The van der Waals surface area contributed by atoms with E-state index in [2.05, 4.69) is 190 Å². The fraction of sp³-hybridized carbons (Fsp3) is 0.513. The molecule has 4 saturated carbocycles. The molecule has 0 bridgehead atoms. The second-order valence-corrected chi connectivity index (χ2v) is 28.8. The van der Waals surface area contributed by atoms with Crippen LogP contribution >= 0.6 is 0 Å². The maximum absolute atomic E-state index is 11.8. The van der Waals surface area contributed by atoms with Gasteiger partial charge in [0, 0.05) is 95.3 Å². The predicted molar refractivity (Wildman–Crippen MR) is 414 cm³/mol. The lowest BCUT2D eigenvalue weighted by Crippen LogP contribution is -2.41. The lowest BCUT2D eigenvalue weighted by molar-refractivity contribution is -0.117. The van der Waals surface area contributed by atoms with Gasteiger partial charge >= 0.3 is 0 Å². The molecule has 102 heavy (non-hydrogen) atoms. The minimum Gasteiger partial charge on any atom is -0.365 e. The molecule has 0 saturated heterocycles. The number of imidazole rings is 2. The highest BCUT2D eigenvalue weighted by atomic mass is 16.2. The second-order valence-electron chi connectivity index (χ2n) is 28.8. The third kappa shape index (κ3) is 20.0. The van der Waals surface area contributed by atoms with Gasteiger partial charge in [0.15, 0.2) is 39.6 Å². The van der Waals surface area contributed by atoms with Crippen LogP contribution in [0.1, 0.15) is 161 Å². The predicted octanol–water partition coefficient (Wildman–Crippen LogP) is 12.8. The third-order valence-electron chi connectivity index (χ3n) is 20.1. The monoisotopic (exact) mass is 1390 g/mol. The fourth-order valence-corrected chi connectivity index (χ4v) is 14.1. The second kappa shape index (κ2) is 35.4. The Hall–Kier alpha value is -9.53. The Morgan fingerprint density at radius 1 is 0.549 bits per heavy atom. The Bertz CT molecular complexity index is 4130. The molecule has 4 aliphatic carbocycles. The molecule has 8 aromatic rings. The molecule has 2 atom stereocenters. The topological polar surface area (TPSA) is 282 Å². The van der Waals surface area contributed by atoms with Gasteiger partial charge in [0.1, 0.15) is 0 Å². The number of anilines is 9. The van der Waals surface area contributed by atoms with E-state index in [1.54, 1.807) is 10.6 Å². The summed E-state index contributed by atoms with van der Waals surface area (Å²) in [7, 11) is 13.0. The Labute approximate surface area is 602 Å². The van der Waals surface area contributed by atoms with Crippen LogP contribution in [0, 0.1) is 0 Å². The van der Waals surface area contributed by atoms with Crippen molar-refractivity contribution >= 4 is 92.3 Å². The van der Waals surface area contributed by atoms with E-state index < -0.39 is 0 Å². The first-order valence-corrected chi connectivity index (χ1v) is 36.6. The van der Waals surface area contributed by atoms with E-state index in [0.717, 1.165) is 151 Å². The number of aromatic nitrogens is 12. The summed E-state index contributed by atoms with van der Waals surface area (Å²) in [5.41, 5.74) is 9.49. The van der Waals surface area contributed by atoms with E-state index in [9.17, 15) is 9.59 Å². The molecule has 6 heterocycles. The highest BCUT2D eigenvalue weighted by Gasteiger charge is 2.30. The van der Waals surface area contributed by atoms with Crippen LogP contribution in [0.25, 0.3) is 28.0 Å². The van der Waals surface area contributed by atoms with Gasteiger partial charge in [0.25, 0.3) is 0 Å². The molecule has 2 aromatic carbocycles. The van der Waals surface area contributed by atoms with Crippen molar-refractivity contribution in [1.29, 1.82) is 0 Å². The van der Waals surface area contributed by atoms with Crippen molar-refractivity contribution in [2.24, 2.45) is 0 Å². The average Bonchev–Trinajstić information content (AvgIpc) is 1.62. The van der Waals surface area contributed by atoms with Gasteiger partial charge in [-0.2, -0.15) is 39.5 Å². The van der Waals surface area contributed by atoms with Crippen LogP contribution in [-0.4, -0.2) is 176 Å². The van der Waals surface area contributed by atoms with E-state index in [1.807, 2.05) is 67.4 Å². The molecular formula is C76H110N24O2. The minimum atomic E-state index is -0.199. The van der Waals surface area contributed by atoms with Crippen molar-refractivity contribution in [1.82, 2.24) is 84.0 Å². The average molecular weight is 1390 g/mol. The lowest BCUT2D eigenvalue weighted by Gasteiger charge is -2.33. The van der Waals surface area contributed by atoms with Gasteiger partial charge in [0.2, 0.25) is 35.6 Å². The summed E-state index contributed by atoms with van der Waals surface area (Å²) < 4.78 is 5.94. The molecule has 26 nitrogen and oxygen atoms in total. The summed E-state index contributed by atoms with van der Waals surface area (Å²) in [6.45, 7) is 25.8. The zero-order chi connectivity index (χ0) is 72.6. The Morgan fingerprint density at radius 2 is 1.04 bits per heavy atom. The van der Waals surface area contributed by atoms with E-state index in [1.165, 1.54) is 37.8 Å². The van der Waals surface area contributed by atoms with Crippen LogP contribution in [-0.2, 0) is 22.6 Å². The summed E-state index contributed by atoms with van der Waals surface area (Å²) in [5, 5.41) is 34.9. The Morgan fingerprint density at radius 3 is 1.56 bits per heavy atom. The highest BCUT2D eigenvalue weighted by molar-refractivity contribution is 5.88. The van der Waals surface area contributed by atoms with Crippen molar-refractivity contribution in [3.8, 4) is 0 Å². The molecule has 9 N–H and O–H groups in total. The minimum absolute atomic E-state index is 0.110. The summed E-state index contributed by atoms with van der Waals surface area (Å²) in [5.74, 6) is 3.67. The lowest BCUT2D eigenvalue weighted by atomic mass is 9.90. The Balaban J connectivity index is 0.000000165. The van der Waals surface area contributed by atoms with Crippen molar-refractivity contribution < 1.29 is 9.59 Å². The van der Waals surface area contributed by atoms with Crippen molar-refractivity contribution in [2.45, 2.75) is 211 Å². The number of nitrogens with zero attached hydrogens (tertiary/aromatic N) is 15. The van der Waals surface area contributed by atoms with E-state index in [4.69, 9.17) is 29.9 Å². The molecule has 4 fully saturated rings. The van der Waals surface area contributed by atoms with Crippen LogP contribution in [0.2, 0.25) is 0 Å². The molecule has 26 heteroatoms. The van der Waals surface area contributed by atoms with Crippen LogP contribution < -0.4 is 47.9 Å². The first kappa shape index (κ1) is 75.1. The number of carbonyl (C=O) groups is 2. The third-order valence-corrected chi connectivity index (χ3v) is 20.1. The molecule has 6 aromatic heterocycles. The number of fused-ring (bicyclic) bond motifs is 3. The first-order chi connectivity index (χ1) is 49.1. The van der Waals surface area contributed by atoms with Gasteiger partial charge in [-0.15, -0.1) is 0 Å². The largest absolute Gasteiger partial charge is 0.365 e. The van der Waals surface area contributed by atoms with Gasteiger partial charge in [-0.25, -0.2) is 9.97 Å². The number of rotatable bonds is 26. The number of hydrogen-bond acceptors (Lipinski definition) is 21. The quantitative estimate of drug-likeness (QED) is 0.0180. The number of nitrogens with one attached hydrogen (secondary N) is 9. The summed E-state index contributed by atoms with van der Waals surface area (Å²) in [6, 6.07) is 19.7. The van der Waals surface area contributed by atoms with Crippen molar-refractivity contribution in [3.63, 3.8) is 0 Å². The van der Waals surface area contributed by atoms with Gasteiger partial charge in [-0.1, -0.05) is 51.4 Å². The molecular weight excluding hydrogens is 1280 g/mol. The zero-order valence-corrected chi connectivity index (χ0v) is 61.9. The fourth-order valence-electron chi connectivity index (χ4n) is 14.1. The summed E-state index contributed by atoms with van der Waals surface area (Å²) >= 11 is 0. The summed E-state index contributed by atoms with van der Waals surface area (Å²) in [6.07, 6.45) is 28.3. The Kier molecular flexibility index (Phi) is 26.1. The maximum atomic E-state index is 11.8. The van der Waals surface area contributed by atoms with Crippen molar-refractivity contribution in [3.05, 3.63) is 129 Å². The smallest absolute Gasteiger partial charge is 0.243 e. The maximum Gasteiger partial charge on any atom is 0.243 e. The van der Waals surface area contributed by atoms with Gasteiger partial charge in [-0.05, 0) is 233 Å². The molecule has 0 radical (unpaired) electrons. The molecule has 546 valence electrons. The molecule has 0 aliphatic heterocycles. The van der Waals surface area contributed by atoms with Gasteiger partial charge < -0.3 is 71.7 Å². The molecule has 2 unspecified atom stereocenters. The number of aryl methyl sites for hydroxylation is 1. The van der Waals surface area contributed by atoms with E-state index in [0.29, 0.717) is 72.4 Å². The van der Waals surface area contributed by atoms with Crippen LogP contribution in [0.3, 0.4) is 0 Å². The number of hydrogen-bond donors (Lipinski definition) is 9. The highest BCUT2D eigenvalue weighted by Crippen LogP contribution is 2.33. The normalized spacial score (nSPS) is 20.6. The molecule has 4 aliphatic rings. The molecule has 2 amide bonds. The SMILES string of the molecule is C=CC(=C)Nc1cccc(Nc2nc(NC3CCC(N(C)C)CC3)nc3c(CC)cnn23)c1.C=CC(=O)NC1CCCC(Nc2nc(NC3CCC(N(C)C)CC3)nc3c2ncn3C(C)C)C1.C=CC(=O)NCc1cccc(Nc2nc(NC3CCC(N(C)C)CC3)nc3c2ncn3C(C)C)c1. The molecule has 12 rings (SSSR count). The number of amides is 2. The number of benzene rings is 2. The van der Waals surface area contributed by atoms with Crippen LogP contribution in [0.5, 0.6) is 0 Å². The number of allylic oxidation sites excluding steroid dienone is 1. The van der Waals surface area contributed by atoms with Gasteiger partial charge in [-0.3, -0.25) is 9.59 Å². The number of carbonyl (C=O) groups excluding carboxylic acids is 2. The van der Waals surface area contributed by atoms with E-state index >= 15 is 0 Å². The van der Waals surface area contributed by atoms with Crippen molar-refractivity contribution in [2.75, 3.05) is 79.5 Å². The summed E-state index contributed by atoms with van der Waals surface area (Å²) in [4.78, 5) is 68.7. The first-order valence-electron chi connectivity index (χ1n) is 36.6. The van der Waals surface area contributed by atoms with Gasteiger partial charge in [0.05, 0.1) is 18.9 Å². The zero-order valence-electron chi connectivity index (χ0n) is 61.9. The molecule has 0 spiro atoms. The van der Waals surface area contributed by atoms with Crippen LogP contribution in [0.15, 0.2) is 118 Å². The standard InChI is InChI=1S/C26H36N8O.C25H40N8O.C25H34N8/c1-6-22(35)27-15-18-8-7-9-20(14-18)29-24-23-25(34(16-28-23)17(2)3)32-26(31-24)30-19-10-12-21(13-11-19)33(4)5;1-6-21(34)27-18-8-7-9-19(14-18)28-23-22-24(33(15-26-22)16(2)3)31-25(30-23)29-17-10-12-20(13-11-17)32(4)5;1-6-17(3)27-20-9-8-10-21(15-20)29-25-31-24(30-23-18(7-2)16-26-33(23)25)28-19-11-13-22(14-12-19)32(4)5/h6-9,14,16-17,19,21H,1,10-13,15H2,2-5H3,(H,27,35)(H2,29,30,31,32);6,15-20H,1,7-14H2,2-5H3,(H,27,34)(H2,28,29,30,31);6,8-10,15-16,19,22,27H,1,3,7,11-14H2,2,4-5H3,(H2,28,29,30,31). The van der Waals surface area contributed by atoms with E-state index in [-0.39, 0.29) is 36.0 Å². The van der Waals surface area contributed by atoms with Crippen LogP contribution in [0.4, 0.5) is 52.5 Å².